The number of aromatic nitrogens is 1. The Kier molecular flexibility index (Phi) is 5.50. The van der Waals surface area contributed by atoms with Crippen molar-refractivity contribution in [1.82, 2.24) is 15.4 Å². The molecule has 1 aromatic heterocycles. The standard InChI is InChI=1S/C12H19N3O4/c1-4-15(5-2)11(16)8(3)13-7-9-6-10(12(17)18)14-19-9/h6,8,13H,4-5,7H2,1-3H3,(H,17,18). The van der Waals surface area contributed by atoms with Crippen LogP contribution in [0.5, 0.6) is 0 Å². The first kappa shape index (κ1) is 15.2. The SMILES string of the molecule is CCN(CC)C(=O)C(C)NCc1cc(C(=O)O)no1. The summed E-state index contributed by atoms with van der Waals surface area (Å²) in [6.45, 7) is 7.18. The van der Waals surface area contributed by atoms with Crippen molar-refractivity contribution < 1.29 is 19.2 Å². The van der Waals surface area contributed by atoms with Crippen LogP contribution < -0.4 is 5.32 Å². The molecule has 19 heavy (non-hydrogen) atoms. The van der Waals surface area contributed by atoms with Crippen LogP contribution in [0, 0.1) is 0 Å². The minimum Gasteiger partial charge on any atom is -0.476 e. The average molecular weight is 269 g/mol. The molecule has 1 atom stereocenters. The van der Waals surface area contributed by atoms with Gasteiger partial charge < -0.3 is 14.5 Å². The molecule has 1 amide bonds. The number of carbonyl (C=O) groups is 2. The highest BCUT2D eigenvalue weighted by molar-refractivity contribution is 5.85. The summed E-state index contributed by atoms with van der Waals surface area (Å²) in [6.07, 6.45) is 0. The minimum absolute atomic E-state index is 0.00275. The van der Waals surface area contributed by atoms with Gasteiger partial charge in [-0.3, -0.25) is 10.1 Å². The Morgan fingerprint density at radius 3 is 2.58 bits per heavy atom. The maximum Gasteiger partial charge on any atom is 0.358 e. The summed E-state index contributed by atoms with van der Waals surface area (Å²) in [5.41, 5.74) is -0.139. The molecular weight excluding hydrogens is 250 g/mol. The lowest BCUT2D eigenvalue weighted by molar-refractivity contribution is -0.132. The third-order valence-corrected chi connectivity index (χ3v) is 2.81. The molecule has 1 rings (SSSR count). The molecule has 1 heterocycles. The van der Waals surface area contributed by atoms with E-state index in [-0.39, 0.29) is 24.2 Å². The first-order chi connectivity index (χ1) is 8.99. The normalized spacial score (nSPS) is 12.2. The first-order valence-electron chi connectivity index (χ1n) is 6.20. The fourth-order valence-corrected chi connectivity index (χ4v) is 1.65. The Morgan fingerprint density at radius 1 is 1.47 bits per heavy atom. The molecular formula is C12H19N3O4. The topological polar surface area (TPSA) is 95.7 Å². The number of carbonyl (C=O) groups excluding carboxylic acids is 1. The molecule has 0 aliphatic carbocycles. The number of aromatic carboxylic acids is 1. The summed E-state index contributed by atoms with van der Waals surface area (Å²) in [5.74, 6) is -0.748. The molecule has 106 valence electrons. The van der Waals surface area contributed by atoms with E-state index >= 15 is 0 Å². The van der Waals surface area contributed by atoms with Crippen molar-refractivity contribution in [2.75, 3.05) is 13.1 Å². The molecule has 1 aromatic rings. The Bertz CT molecular complexity index is 440. The number of hydrogen-bond acceptors (Lipinski definition) is 5. The highest BCUT2D eigenvalue weighted by atomic mass is 16.5. The van der Waals surface area contributed by atoms with E-state index in [1.807, 2.05) is 13.8 Å². The van der Waals surface area contributed by atoms with Crippen molar-refractivity contribution in [3.63, 3.8) is 0 Å². The van der Waals surface area contributed by atoms with E-state index in [1.165, 1.54) is 6.07 Å². The molecule has 0 aliphatic heterocycles. The van der Waals surface area contributed by atoms with E-state index in [9.17, 15) is 9.59 Å². The third kappa shape index (κ3) is 4.06. The molecule has 0 saturated carbocycles. The lowest BCUT2D eigenvalue weighted by atomic mass is 10.2. The van der Waals surface area contributed by atoms with Crippen molar-refractivity contribution >= 4 is 11.9 Å². The minimum atomic E-state index is -1.14. The Morgan fingerprint density at radius 2 is 2.11 bits per heavy atom. The van der Waals surface area contributed by atoms with Gasteiger partial charge in [0.15, 0.2) is 11.5 Å². The summed E-state index contributed by atoms with van der Waals surface area (Å²) in [6, 6.07) is 0.975. The number of amides is 1. The Labute approximate surface area is 111 Å². The second-order valence-electron chi connectivity index (χ2n) is 4.10. The molecule has 0 radical (unpaired) electrons. The summed E-state index contributed by atoms with van der Waals surface area (Å²) in [5, 5.41) is 15.1. The van der Waals surface area contributed by atoms with Gasteiger partial charge >= 0.3 is 5.97 Å². The van der Waals surface area contributed by atoms with Gasteiger partial charge in [0.05, 0.1) is 12.6 Å². The van der Waals surface area contributed by atoms with Crippen molar-refractivity contribution in [3.05, 3.63) is 17.5 Å². The van der Waals surface area contributed by atoms with E-state index in [0.717, 1.165) is 0 Å². The zero-order valence-corrected chi connectivity index (χ0v) is 11.3. The van der Waals surface area contributed by atoms with Crippen LogP contribution in [-0.2, 0) is 11.3 Å². The smallest absolute Gasteiger partial charge is 0.358 e. The zero-order valence-electron chi connectivity index (χ0n) is 11.3. The largest absolute Gasteiger partial charge is 0.476 e. The summed E-state index contributed by atoms with van der Waals surface area (Å²) in [7, 11) is 0. The van der Waals surface area contributed by atoms with E-state index in [0.29, 0.717) is 18.8 Å². The number of likely N-dealkylation sites (N-methyl/N-ethyl adjacent to an activating group) is 1. The lowest BCUT2D eigenvalue weighted by Crippen LogP contribution is -2.44. The zero-order chi connectivity index (χ0) is 14.4. The lowest BCUT2D eigenvalue weighted by Gasteiger charge is -2.23. The summed E-state index contributed by atoms with van der Waals surface area (Å²) in [4.78, 5) is 24.3. The third-order valence-electron chi connectivity index (χ3n) is 2.81. The molecule has 0 fully saturated rings. The number of hydrogen-bond donors (Lipinski definition) is 2. The maximum atomic E-state index is 12.0. The van der Waals surface area contributed by atoms with E-state index < -0.39 is 5.97 Å². The molecule has 0 aliphatic rings. The molecule has 7 nitrogen and oxygen atoms in total. The Balaban J connectivity index is 2.51. The number of nitrogens with zero attached hydrogens (tertiary/aromatic N) is 2. The van der Waals surface area contributed by atoms with Crippen LogP contribution in [0.3, 0.4) is 0 Å². The fraction of sp³-hybridized carbons (Fsp3) is 0.583. The first-order valence-corrected chi connectivity index (χ1v) is 6.20. The number of carboxylic acids is 1. The monoisotopic (exact) mass is 269 g/mol. The maximum absolute atomic E-state index is 12.0. The van der Waals surface area contributed by atoms with E-state index in [4.69, 9.17) is 9.63 Å². The molecule has 7 heteroatoms. The molecule has 0 spiro atoms. The van der Waals surface area contributed by atoms with Gasteiger partial charge in [-0.25, -0.2) is 4.79 Å². The highest BCUT2D eigenvalue weighted by Crippen LogP contribution is 2.04. The van der Waals surface area contributed by atoms with Gasteiger partial charge in [-0.2, -0.15) is 0 Å². The van der Waals surface area contributed by atoms with Gasteiger partial charge in [-0.15, -0.1) is 0 Å². The Hall–Kier alpha value is -1.89. The van der Waals surface area contributed by atoms with Crippen molar-refractivity contribution in [2.45, 2.75) is 33.4 Å². The van der Waals surface area contributed by atoms with Crippen LogP contribution >= 0.6 is 0 Å². The quantitative estimate of drug-likeness (QED) is 0.757. The van der Waals surface area contributed by atoms with Gasteiger partial charge in [-0.1, -0.05) is 5.16 Å². The number of carboxylic acid groups (broad SMARTS) is 1. The summed E-state index contributed by atoms with van der Waals surface area (Å²) >= 11 is 0. The predicted molar refractivity (Wildman–Crippen MR) is 67.7 cm³/mol. The van der Waals surface area contributed by atoms with Crippen LogP contribution in [-0.4, -0.2) is 46.2 Å². The number of rotatable bonds is 7. The second-order valence-corrected chi connectivity index (χ2v) is 4.10. The van der Waals surface area contributed by atoms with E-state index in [1.54, 1.807) is 11.8 Å². The van der Waals surface area contributed by atoms with Crippen LogP contribution in [0.2, 0.25) is 0 Å². The van der Waals surface area contributed by atoms with E-state index in [2.05, 4.69) is 10.5 Å². The van der Waals surface area contributed by atoms with Crippen LogP contribution in [0.15, 0.2) is 10.6 Å². The van der Waals surface area contributed by atoms with Gasteiger partial charge in [0.2, 0.25) is 5.91 Å². The molecule has 2 N–H and O–H groups in total. The second kappa shape index (κ2) is 6.89. The number of nitrogens with one attached hydrogen (secondary N) is 1. The fourth-order valence-electron chi connectivity index (χ4n) is 1.65. The highest BCUT2D eigenvalue weighted by Gasteiger charge is 2.18. The molecule has 0 bridgehead atoms. The van der Waals surface area contributed by atoms with Crippen molar-refractivity contribution in [3.8, 4) is 0 Å². The van der Waals surface area contributed by atoms with Gasteiger partial charge in [0.1, 0.15) is 0 Å². The summed E-state index contributed by atoms with van der Waals surface area (Å²) < 4.78 is 4.85. The molecule has 0 saturated heterocycles. The van der Waals surface area contributed by atoms with Crippen LogP contribution in [0.25, 0.3) is 0 Å². The van der Waals surface area contributed by atoms with Gasteiger partial charge in [0.25, 0.3) is 0 Å². The molecule has 1 unspecified atom stereocenters. The van der Waals surface area contributed by atoms with Crippen molar-refractivity contribution in [2.24, 2.45) is 0 Å². The van der Waals surface area contributed by atoms with Crippen LogP contribution in [0.4, 0.5) is 0 Å². The van der Waals surface area contributed by atoms with Crippen LogP contribution in [0.1, 0.15) is 37.0 Å². The predicted octanol–water partition coefficient (Wildman–Crippen LogP) is 0.719. The van der Waals surface area contributed by atoms with Gasteiger partial charge in [-0.05, 0) is 20.8 Å². The van der Waals surface area contributed by atoms with Gasteiger partial charge in [0, 0.05) is 19.2 Å². The molecule has 0 aromatic carbocycles. The van der Waals surface area contributed by atoms with Crippen molar-refractivity contribution in [1.29, 1.82) is 0 Å². The average Bonchev–Trinajstić information content (AvgIpc) is 2.86.